The van der Waals surface area contributed by atoms with Gasteiger partial charge in [-0.3, -0.25) is 4.79 Å². The van der Waals surface area contributed by atoms with Gasteiger partial charge >= 0.3 is 18.5 Å². The van der Waals surface area contributed by atoms with E-state index in [0.29, 0.717) is 0 Å². The minimum absolute atomic E-state index is 0.107. The van der Waals surface area contributed by atoms with E-state index >= 15 is 0 Å². The molecule has 0 aliphatic carbocycles. The van der Waals surface area contributed by atoms with Crippen LogP contribution in [0.15, 0.2) is 10.9 Å². The lowest BCUT2D eigenvalue weighted by Crippen LogP contribution is -2.28. The number of esters is 1. The predicted octanol–water partition coefficient (Wildman–Crippen LogP) is 2.47. The van der Waals surface area contributed by atoms with Crippen molar-refractivity contribution >= 4 is 5.97 Å². The molecule has 0 radical (unpaired) electrons. The Morgan fingerprint density at radius 2 is 1.81 bits per heavy atom. The SMILES string of the molecule is CCOC(=O)c1cc(OC(F)(F)F)c(C(F)(F)F)c(=O)[nH]1. The first kappa shape index (κ1) is 16.9. The molecule has 0 aliphatic rings. The lowest BCUT2D eigenvalue weighted by atomic mass is 10.2. The van der Waals surface area contributed by atoms with Crippen LogP contribution in [0.1, 0.15) is 23.0 Å². The van der Waals surface area contributed by atoms with Crippen LogP contribution in [0, 0.1) is 0 Å². The van der Waals surface area contributed by atoms with Crippen LogP contribution in [-0.4, -0.2) is 23.9 Å². The monoisotopic (exact) mass is 319 g/mol. The third-order valence-corrected chi connectivity index (χ3v) is 2.00. The smallest absolute Gasteiger partial charge is 0.461 e. The van der Waals surface area contributed by atoms with Gasteiger partial charge in [-0.1, -0.05) is 0 Å². The number of carbonyl (C=O) groups is 1. The number of hydrogen-bond acceptors (Lipinski definition) is 4. The van der Waals surface area contributed by atoms with Crippen molar-refractivity contribution < 1.29 is 40.6 Å². The van der Waals surface area contributed by atoms with E-state index in [1.165, 1.54) is 11.9 Å². The Labute approximate surface area is 112 Å². The van der Waals surface area contributed by atoms with Crippen molar-refractivity contribution in [2.45, 2.75) is 19.5 Å². The number of aromatic nitrogens is 1. The van der Waals surface area contributed by atoms with Gasteiger partial charge in [-0.25, -0.2) is 4.79 Å². The molecule has 0 saturated carbocycles. The molecule has 1 aromatic heterocycles. The van der Waals surface area contributed by atoms with E-state index in [1.54, 1.807) is 0 Å². The Morgan fingerprint density at radius 1 is 1.24 bits per heavy atom. The second-order valence-corrected chi connectivity index (χ2v) is 3.52. The molecule has 0 bridgehead atoms. The fraction of sp³-hybridized carbons (Fsp3) is 0.400. The second-order valence-electron chi connectivity index (χ2n) is 3.52. The summed E-state index contributed by atoms with van der Waals surface area (Å²) >= 11 is 0. The average Bonchev–Trinajstić information content (AvgIpc) is 2.24. The Kier molecular flexibility index (Phi) is 4.54. The van der Waals surface area contributed by atoms with Crippen molar-refractivity contribution in [1.82, 2.24) is 4.98 Å². The predicted molar refractivity (Wildman–Crippen MR) is 54.7 cm³/mol. The van der Waals surface area contributed by atoms with Crippen molar-refractivity contribution in [3.05, 3.63) is 27.7 Å². The van der Waals surface area contributed by atoms with Gasteiger partial charge in [-0.15, -0.1) is 13.2 Å². The maximum absolute atomic E-state index is 12.6. The van der Waals surface area contributed by atoms with Crippen molar-refractivity contribution in [1.29, 1.82) is 0 Å². The molecule has 0 atom stereocenters. The summed E-state index contributed by atoms with van der Waals surface area (Å²) in [6.45, 7) is 1.16. The zero-order valence-electron chi connectivity index (χ0n) is 10.2. The quantitative estimate of drug-likeness (QED) is 0.686. The Morgan fingerprint density at radius 3 is 2.24 bits per heavy atom. The molecule has 0 spiro atoms. The van der Waals surface area contributed by atoms with Gasteiger partial charge < -0.3 is 14.5 Å². The highest BCUT2D eigenvalue weighted by atomic mass is 19.4. The van der Waals surface area contributed by atoms with Gasteiger partial charge in [0, 0.05) is 6.07 Å². The number of ether oxygens (including phenoxy) is 2. The fourth-order valence-corrected chi connectivity index (χ4v) is 1.33. The highest BCUT2D eigenvalue weighted by molar-refractivity contribution is 5.87. The molecular weight excluding hydrogens is 312 g/mol. The van der Waals surface area contributed by atoms with Gasteiger partial charge in [0.15, 0.2) is 5.56 Å². The minimum atomic E-state index is -5.47. The van der Waals surface area contributed by atoms with Gasteiger partial charge in [-0.2, -0.15) is 13.2 Å². The van der Waals surface area contributed by atoms with Crippen LogP contribution in [-0.2, 0) is 10.9 Å². The second kappa shape index (κ2) is 5.66. The van der Waals surface area contributed by atoms with Gasteiger partial charge in [0.25, 0.3) is 5.56 Å². The van der Waals surface area contributed by atoms with Gasteiger partial charge in [0.2, 0.25) is 0 Å². The molecule has 5 nitrogen and oxygen atoms in total. The summed E-state index contributed by atoms with van der Waals surface area (Å²) in [5.74, 6) is -3.13. The minimum Gasteiger partial charge on any atom is -0.461 e. The number of nitrogens with one attached hydrogen (secondary N) is 1. The summed E-state index contributed by atoms with van der Waals surface area (Å²) in [5, 5.41) is 0. The number of rotatable bonds is 3. The highest BCUT2D eigenvalue weighted by Crippen LogP contribution is 2.36. The van der Waals surface area contributed by atoms with E-state index in [9.17, 15) is 35.9 Å². The number of halogens is 6. The van der Waals surface area contributed by atoms with E-state index in [-0.39, 0.29) is 12.7 Å². The molecule has 0 fully saturated rings. The van der Waals surface area contributed by atoms with Crippen LogP contribution in [0.25, 0.3) is 0 Å². The van der Waals surface area contributed by atoms with E-state index in [2.05, 4.69) is 9.47 Å². The number of hydrogen-bond donors (Lipinski definition) is 1. The average molecular weight is 319 g/mol. The van der Waals surface area contributed by atoms with Crippen molar-refractivity contribution in [2.24, 2.45) is 0 Å². The summed E-state index contributed by atoms with van der Waals surface area (Å²) in [7, 11) is 0. The van der Waals surface area contributed by atoms with E-state index in [4.69, 9.17) is 0 Å². The van der Waals surface area contributed by atoms with E-state index in [0.717, 1.165) is 0 Å². The molecule has 0 aliphatic heterocycles. The van der Waals surface area contributed by atoms with Gasteiger partial charge in [-0.05, 0) is 6.92 Å². The maximum Gasteiger partial charge on any atom is 0.573 e. The topological polar surface area (TPSA) is 68.4 Å². The first-order valence-corrected chi connectivity index (χ1v) is 5.23. The molecular formula is C10H7F6NO4. The van der Waals surface area contributed by atoms with E-state index < -0.39 is 41.1 Å². The van der Waals surface area contributed by atoms with Crippen LogP contribution in [0.2, 0.25) is 0 Å². The van der Waals surface area contributed by atoms with Crippen LogP contribution < -0.4 is 10.3 Å². The summed E-state index contributed by atoms with van der Waals surface area (Å²) in [5.41, 5.74) is -5.05. The van der Waals surface area contributed by atoms with Crippen molar-refractivity contribution in [2.75, 3.05) is 6.61 Å². The summed E-state index contributed by atoms with van der Waals surface area (Å²) < 4.78 is 81.6. The summed E-state index contributed by atoms with van der Waals surface area (Å²) in [4.78, 5) is 24.0. The fourth-order valence-electron chi connectivity index (χ4n) is 1.33. The van der Waals surface area contributed by atoms with E-state index in [1.807, 2.05) is 0 Å². The number of alkyl halides is 6. The van der Waals surface area contributed by atoms with Crippen LogP contribution in [0.4, 0.5) is 26.3 Å². The Hall–Kier alpha value is -2.20. The molecule has 118 valence electrons. The molecule has 0 unspecified atom stereocenters. The van der Waals surface area contributed by atoms with Gasteiger partial charge in [0.05, 0.1) is 6.61 Å². The number of pyridine rings is 1. The zero-order chi connectivity index (χ0) is 16.4. The molecule has 1 aromatic rings. The molecule has 0 amide bonds. The Bertz CT molecular complexity index is 589. The van der Waals surface area contributed by atoms with Crippen molar-refractivity contribution in [3.8, 4) is 5.75 Å². The summed E-state index contributed by atoms with van der Waals surface area (Å²) in [6.07, 6.45) is -10.9. The number of carbonyl (C=O) groups excluding carboxylic acids is 1. The standard InChI is InChI=1S/C10H7F6NO4/c1-2-20-8(19)4-3-5(21-10(14,15)16)6(7(18)17-4)9(11,12)13/h3H,2H2,1H3,(H,17,18). The molecule has 11 heteroatoms. The molecule has 0 saturated heterocycles. The molecule has 1 N–H and O–H groups in total. The lowest BCUT2D eigenvalue weighted by molar-refractivity contribution is -0.276. The van der Waals surface area contributed by atoms with Crippen molar-refractivity contribution in [3.63, 3.8) is 0 Å². The number of H-pyrrole nitrogens is 1. The summed E-state index contributed by atoms with van der Waals surface area (Å²) in [6, 6.07) is 0.107. The Balaban J connectivity index is 3.47. The van der Waals surface area contributed by atoms with Gasteiger partial charge in [0.1, 0.15) is 11.4 Å². The largest absolute Gasteiger partial charge is 0.573 e. The molecule has 21 heavy (non-hydrogen) atoms. The normalized spacial score (nSPS) is 12.1. The van der Waals surface area contributed by atoms with Crippen LogP contribution >= 0.6 is 0 Å². The highest BCUT2D eigenvalue weighted by Gasteiger charge is 2.42. The maximum atomic E-state index is 12.6. The molecule has 0 aromatic carbocycles. The number of aromatic amines is 1. The first-order chi connectivity index (χ1) is 9.45. The lowest BCUT2D eigenvalue weighted by Gasteiger charge is -2.15. The third-order valence-electron chi connectivity index (χ3n) is 2.00. The first-order valence-electron chi connectivity index (χ1n) is 5.23. The molecule has 1 rings (SSSR count). The van der Waals surface area contributed by atoms with Crippen LogP contribution in [0.5, 0.6) is 5.75 Å². The third kappa shape index (κ3) is 4.39. The zero-order valence-corrected chi connectivity index (χ0v) is 10.2. The van der Waals surface area contributed by atoms with Crippen LogP contribution in [0.3, 0.4) is 0 Å². The molecule has 1 heterocycles.